The number of hydrogen-bond donors (Lipinski definition) is 1. The molecule has 7 heteroatoms. The number of fused-ring (bicyclic) bond motifs is 1. The van der Waals surface area contributed by atoms with Gasteiger partial charge in [0, 0.05) is 19.1 Å². The van der Waals surface area contributed by atoms with Crippen LogP contribution in [-0.4, -0.2) is 29.9 Å². The maximum absolute atomic E-state index is 12.5. The second kappa shape index (κ2) is 7.31. The number of rotatable bonds is 2. The highest BCUT2D eigenvalue weighted by molar-refractivity contribution is 5.85. The van der Waals surface area contributed by atoms with Crippen molar-refractivity contribution in [1.29, 1.82) is 0 Å². The van der Waals surface area contributed by atoms with E-state index in [-0.39, 0.29) is 30.8 Å². The first-order valence-corrected chi connectivity index (χ1v) is 8.04. The highest BCUT2D eigenvalue weighted by Crippen LogP contribution is 2.35. The highest BCUT2D eigenvalue weighted by atomic mass is 35.5. The summed E-state index contributed by atoms with van der Waals surface area (Å²) in [7, 11) is 0. The molecule has 0 aromatic heterocycles. The standard InChI is InChI=1S/C17H21F3N2O.ClH/c18-17(19,20)13-6-4-11(5-7-13)8-16(23)22-9-12-2-1-3-15(21)14(12)10-22;/h4-7,12,14-15H,1-3,8-10,21H2;1H. The number of nitrogens with zero attached hydrogens (tertiary/aromatic N) is 1. The van der Waals surface area contributed by atoms with Crippen LogP contribution in [0.15, 0.2) is 24.3 Å². The first-order chi connectivity index (χ1) is 10.8. The van der Waals surface area contributed by atoms with E-state index in [0.29, 0.717) is 23.9 Å². The second-order valence-electron chi connectivity index (χ2n) is 6.69. The third kappa shape index (κ3) is 4.03. The van der Waals surface area contributed by atoms with Crippen molar-refractivity contribution in [2.24, 2.45) is 17.6 Å². The summed E-state index contributed by atoms with van der Waals surface area (Å²) in [5.74, 6) is 0.835. The molecule has 24 heavy (non-hydrogen) atoms. The zero-order valence-electron chi connectivity index (χ0n) is 13.3. The summed E-state index contributed by atoms with van der Waals surface area (Å²) in [4.78, 5) is 14.2. The summed E-state index contributed by atoms with van der Waals surface area (Å²) < 4.78 is 37.6. The van der Waals surface area contributed by atoms with Gasteiger partial charge in [0.15, 0.2) is 0 Å². The van der Waals surface area contributed by atoms with Gasteiger partial charge in [-0.3, -0.25) is 4.79 Å². The smallest absolute Gasteiger partial charge is 0.342 e. The number of halogens is 4. The summed E-state index contributed by atoms with van der Waals surface area (Å²) in [6, 6.07) is 4.99. The largest absolute Gasteiger partial charge is 0.416 e. The molecular formula is C17H22ClF3N2O. The highest BCUT2D eigenvalue weighted by Gasteiger charge is 2.40. The lowest BCUT2D eigenvalue weighted by molar-refractivity contribution is -0.137. The van der Waals surface area contributed by atoms with Gasteiger partial charge in [-0.1, -0.05) is 18.6 Å². The molecule has 2 fully saturated rings. The van der Waals surface area contributed by atoms with Crippen LogP contribution in [0.5, 0.6) is 0 Å². The predicted molar refractivity (Wildman–Crippen MR) is 87.8 cm³/mol. The molecule has 3 atom stereocenters. The molecule has 134 valence electrons. The average Bonchev–Trinajstić information content (AvgIpc) is 2.92. The molecule has 1 saturated carbocycles. The molecule has 2 aliphatic rings. The SMILES string of the molecule is Cl.NC1CCCC2CN(C(=O)Cc3ccc(C(F)(F)F)cc3)CC12. The lowest BCUT2D eigenvalue weighted by atomic mass is 9.78. The zero-order chi connectivity index (χ0) is 16.6. The van der Waals surface area contributed by atoms with E-state index in [0.717, 1.165) is 37.9 Å². The van der Waals surface area contributed by atoms with E-state index in [1.165, 1.54) is 12.1 Å². The van der Waals surface area contributed by atoms with E-state index in [1.54, 1.807) is 0 Å². The predicted octanol–water partition coefficient (Wildman–Crippen LogP) is 3.26. The van der Waals surface area contributed by atoms with Crippen LogP contribution < -0.4 is 5.73 Å². The monoisotopic (exact) mass is 362 g/mol. The third-order valence-corrected chi connectivity index (χ3v) is 5.14. The average molecular weight is 363 g/mol. The first kappa shape index (κ1) is 19.1. The Morgan fingerprint density at radius 1 is 1.17 bits per heavy atom. The molecule has 1 aliphatic heterocycles. The number of hydrogen-bond acceptors (Lipinski definition) is 2. The fraction of sp³-hybridized carbons (Fsp3) is 0.588. The minimum Gasteiger partial charge on any atom is -0.342 e. The Bertz CT molecular complexity index is 576. The molecule has 3 unspecified atom stereocenters. The van der Waals surface area contributed by atoms with Gasteiger partial charge in [-0.25, -0.2) is 0 Å². The van der Waals surface area contributed by atoms with Gasteiger partial charge in [0.25, 0.3) is 0 Å². The van der Waals surface area contributed by atoms with Crippen LogP contribution in [0.3, 0.4) is 0 Å². The summed E-state index contributed by atoms with van der Waals surface area (Å²) in [6.45, 7) is 1.42. The van der Waals surface area contributed by atoms with Crippen LogP contribution in [0.4, 0.5) is 13.2 Å². The van der Waals surface area contributed by atoms with Crippen LogP contribution in [0.25, 0.3) is 0 Å². The summed E-state index contributed by atoms with van der Waals surface area (Å²) in [5, 5.41) is 0. The van der Waals surface area contributed by atoms with E-state index in [4.69, 9.17) is 5.73 Å². The number of carbonyl (C=O) groups is 1. The number of likely N-dealkylation sites (tertiary alicyclic amines) is 1. The third-order valence-electron chi connectivity index (χ3n) is 5.14. The number of amides is 1. The molecule has 1 aromatic carbocycles. The topological polar surface area (TPSA) is 46.3 Å². The fourth-order valence-electron chi connectivity index (χ4n) is 3.82. The normalized spacial score (nSPS) is 26.7. The van der Waals surface area contributed by atoms with Crippen LogP contribution >= 0.6 is 12.4 Å². The van der Waals surface area contributed by atoms with Gasteiger partial charge in [-0.05, 0) is 42.4 Å². The fourth-order valence-corrected chi connectivity index (χ4v) is 3.82. The van der Waals surface area contributed by atoms with E-state index in [2.05, 4.69) is 0 Å². The lowest BCUT2D eigenvalue weighted by Gasteiger charge is -2.29. The van der Waals surface area contributed by atoms with Gasteiger partial charge in [-0.2, -0.15) is 13.2 Å². The summed E-state index contributed by atoms with van der Waals surface area (Å²) >= 11 is 0. The Labute approximate surface area is 145 Å². The van der Waals surface area contributed by atoms with Crippen LogP contribution in [0.2, 0.25) is 0 Å². The number of carbonyl (C=O) groups excluding carboxylic acids is 1. The van der Waals surface area contributed by atoms with E-state index in [9.17, 15) is 18.0 Å². The summed E-state index contributed by atoms with van der Waals surface area (Å²) in [6.07, 6.45) is -0.954. The van der Waals surface area contributed by atoms with Crippen molar-refractivity contribution in [1.82, 2.24) is 4.90 Å². The van der Waals surface area contributed by atoms with Gasteiger partial charge >= 0.3 is 6.18 Å². The zero-order valence-corrected chi connectivity index (χ0v) is 14.1. The molecule has 0 radical (unpaired) electrons. The Morgan fingerprint density at radius 3 is 2.42 bits per heavy atom. The van der Waals surface area contributed by atoms with E-state index < -0.39 is 11.7 Å². The van der Waals surface area contributed by atoms with Gasteiger partial charge < -0.3 is 10.6 Å². The Hall–Kier alpha value is -1.27. The Kier molecular flexibility index (Phi) is 5.81. The van der Waals surface area contributed by atoms with Crippen molar-refractivity contribution in [2.45, 2.75) is 37.9 Å². The van der Waals surface area contributed by atoms with Crippen molar-refractivity contribution in [3.8, 4) is 0 Å². The summed E-state index contributed by atoms with van der Waals surface area (Å²) in [5.41, 5.74) is 6.07. The quantitative estimate of drug-likeness (QED) is 0.877. The van der Waals surface area contributed by atoms with Crippen molar-refractivity contribution >= 4 is 18.3 Å². The van der Waals surface area contributed by atoms with Crippen molar-refractivity contribution in [2.75, 3.05) is 13.1 Å². The molecule has 1 saturated heterocycles. The number of alkyl halides is 3. The molecule has 1 aliphatic carbocycles. The minimum absolute atomic E-state index is 0. The Balaban J connectivity index is 0.00000208. The maximum atomic E-state index is 12.5. The molecule has 2 N–H and O–H groups in total. The number of nitrogens with two attached hydrogens (primary N) is 1. The van der Waals surface area contributed by atoms with Crippen molar-refractivity contribution in [3.05, 3.63) is 35.4 Å². The van der Waals surface area contributed by atoms with Gasteiger partial charge in [0.05, 0.1) is 12.0 Å². The lowest BCUT2D eigenvalue weighted by Crippen LogP contribution is -2.38. The van der Waals surface area contributed by atoms with E-state index in [1.807, 2.05) is 4.90 Å². The first-order valence-electron chi connectivity index (χ1n) is 8.04. The molecule has 0 bridgehead atoms. The molecule has 0 spiro atoms. The van der Waals surface area contributed by atoms with E-state index >= 15 is 0 Å². The maximum Gasteiger partial charge on any atom is 0.416 e. The molecule has 1 heterocycles. The van der Waals surface area contributed by atoms with Crippen molar-refractivity contribution in [3.63, 3.8) is 0 Å². The van der Waals surface area contributed by atoms with Gasteiger partial charge in [0.2, 0.25) is 5.91 Å². The van der Waals surface area contributed by atoms with Gasteiger partial charge in [-0.15, -0.1) is 12.4 Å². The minimum atomic E-state index is -4.34. The molecule has 1 amide bonds. The Morgan fingerprint density at radius 2 is 1.83 bits per heavy atom. The molecule has 1 aromatic rings. The van der Waals surface area contributed by atoms with Crippen LogP contribution in [0.1, 0.15) is 30.4 Å². The van der Waals surface area contributed by atoms with Crippen LogP contribution in [-0.2, 0) is 17.4 Å². The van der Waals surface area contributed by atoms with Gasteiger partial charge in [0.1, 0.15) is 0 Å². The number of benzene rings is 1. The molecular weight excluding hydrogens is 341 g/mol. The molecule has 3 nitrogen and oxygen atoms in total. The second-order valence-corrected chi connectivity index (χ2v) is 6.69. The van der Waals surface area contributed by atoms with Crippen molar-refractivity contribution < 1.29 is 18.0 Å². The van der Waals surface area contributed by atoms with Crippen LogP contribution in [0, 0.1) is 11.8 Å². The molecule has 3 rings (SSSR count).